The van der Waals surface area contributed by atoms with Crippen LogP contribution in [0.25, 0.3) is 11.0 Å². The number of allylic oxidation sites excluding steroid dienone is 1. The molecule has 1 N–H and O–H groups in total. The topological polar surface area (TPSA) is 140 Å². The summed E-state index contributed by atoms with van der Waals surface area (Å²) >= 11 is 0. The second-order valence-electron chi connectivity index (χ2n) is 11.7. The highest BCUT2D eigenvalue weighted by Crippen LogP contribution is 2.35. The van der Waals surface area contributed by atoms with Gasteiger partial charge in [-0.3, -0.25) is 14.4 Å². The summed E-state index contributed by atoms with van der Waals surface area (Å²) in [5.41, 5.74) is 3.21. The molecule has 2 fully saturated rings. The van der Waals surface area contributed by atoms with E-state index >= 15 is 0 Å². The minimum atomic E-state index is -0.284. The van der Waals surface area contributed by atoms with Crippen molar-refractivity contribution in [2.24, 2.45) is 0 Å². The SMILES string of the molecule is CN(C)C(=O)c1cc2cnc(Nc3ccc(N4CCN(C(=O)/C=C/C(=O)c5ccc(C#N)cc5)CC4)cn3)nc2n1C1CCCC1. The fraction of sp³-hybridized carbons (Fsp3) is 0.324. The van der Waals surface area contributed by atoms with Gasteiger partial charge in [-0.05, 0) is 61.4 Å². The Labute approximate surface area is 267 Å². The number of nitrogens with one attached hydrogen (secondary N) is 1. The van der Waals surface area contributed by atoms with Crippen LogP contribution in [-0.2, 0) is 4.79 Å². The Hall–Kier alpha value is -5.57. The summed E-state index contributed by atoms with van der Waals surface area (Å²) in [6.45, 7) is 2.29. The van der Waals surface area contributed by atoms with Gasteiger partial charge in [0.05, 0.1) is 23.5 Å². The van der Waals surface area contributed by atoms with E-state index in [-0.39, 0.29) is 23.6 Å². The molecule has 0 spiro atoms. The lowest BCUT2D eigenvalue weighted by molar-refractivity contribution is -0.126. The van der Waals surface area contributed by atoms with Crippen molar-refractivity contribution in [3.63, 3.8) is 0 Å². The largest absolute Gasteiger partial charge is 0.367 e. The van der Waals surface area contributed by atoms with Gasteiger partial charge < -0.3 is 24.6 Å². The molecule has 0 bridgehead atoms. The zero-order chi connectivity index (χ0) is 32.2. The normalized spacial score (nSPS) is 15.3. The number of piperazine rings is 1. The number of hydrogen-bond acceptors (Lipinski definition) is 9. The van der Waals surface area contributed by atoms with E-state index in [1.165, 1.54) is 12.2 Å². The molecule has 234 valence electrons. The summed E-state index contributed by atoms with van der Waals surface area (Å²) in [6.07, 6.45) is 10.4. The number of carbonyl (C=O) groups excluding carboxylic acids is 3. The summed E-state index contributed by atoms with van der Waals surface area (Å²) in [5, 5.41) is 12.9. The summed E-state index contributed by atoms with van der Waals surface area (Å²) < 4.78 is 2.08. The molecule has 4 aromatic rings. The highest BCUT2D eigenvalue weighted by atomic mass is 16.2. The van der Waals surface area contributed by atoms with Gasteiger partial charge in [-0.25, -0.2) is 9.97 Å². The van der Waals surface area contributed by atoms with E-state index in [1.54, 1.807) is 60.6 Å². The third-order valence-electron chi connectivity index (χ3n) is 8.51. The minimum absolute atomic E-state index is 0.0480. The molecule has 0 unspecified atom stereocenters. The van der Waals surface area contributed by atoms with Crippen molar-refractivity contribution in [1.82, 2.24) is 29.3 Å². The van der Waals surface area contributed by atoms with Gasteiger partial charge in [-0.1, -0.05) is 12.8 Å². The first kappa shape index (κ1) is 30.5. The number of nitrogens with zero attached hydrogens (tertiary/aromatic N) is 8. The molecule has 4 heterocycles. The van der Waals surface area contributed by atoms with Crippen molar-refractivity contribution < 1.29 is 14.4 Å². The molecule has 46 heavy (non-hydrogen) atoms. The number of nitriles is 1. The summed E-state index contributed by atoms with van der Waals surface area (Å²) in [5.74, 6) is 0.458. The number of aromatic nitrogens is 4. The third-order valence-corrected chi connectivity index (χ3v) is 8.51. The number of carbonyl (C=O) groups is 3. The molecule has 1 aliphatic heterocycles. The van der Waals surface area contributed by atoms with E-state index in [2.05, 4.69) is 24.8 Å². The van der Waals surface area contributed by atoms with Gasteiger partial charge in [0, 0.05) is 69.5 Å². The van der Waals surface area contributed by atoms with Crippen LogP contribution in [0.3, 0.4) is 0 Å². The zero-order valence-electron chi connectivity index (χ0n) is 25.9. The van der Waals surface area contributed by atoms with Gasteiger partial charge in [0.15, 0.2) is 5.78 Å². The molecule has 6 rings (SSSR count). The van der Waals surface area contributed by atoms with Crippen LogP contribution in [0.4, 0.5) is 17.5 Å². The molecule has 12 nitrogen and oxygen atoms in total. The van der Waals surface area contributed by atoms with E-state index in [0.29, 0.717) is 54.8 Å². The number of anilines is 3. The maximum absolute atomic E-state index is 13.0. The van der Waals surface area contributed by atoms with Gasteiger partial charge in [0.1, 0.15) is 17.2 Å². The van der Waals surface area contributed by atoms with Crippen LogP contribution in [0.1, 0.15) is 58.1 Å². The standard InChI is InChI=1S/C34H35N9O3/c1-40(2)33(46)28-19-25-21-37-34(39-32(25)43(28)26-5-3-4-6-26)38-30-13-11-27(22-36-30)41-15-17-42(18-16-41)31(45)14-12-29(44)24-9-7-23(20-35)8-10-24/h7-14,19,21-22,26H,3-6,15-18H2,1-2H3,(H,36,37,38,39)/b14-12+. The molecule has 2 amide bonds. The van der Waals surface area contributed by atoms with Crippen molar-refractivity contribution in [2.75, 3.05) is 50.5 Å². The van der Waals surface area contributed by atoms with Crippen LogP contribution in [0, 0.1) is 11.3 Å². The molecule has 1 saturated heterocycles. The van der Waals surface area contributed by atoms with Crippen molar-refractivity contribution in [3.05, 3.63) is 83.8 Å². The lowest BCUT2D eigenvalue weighted by atomic mass is 10.1. The van der Waals surface area contributed by atoms with Gasteiger partial charge in [-0.2, -0.15) is 10.2 Å². The van der Waals surface area contributed by atoms with Gasteiger partial charge in [0.2, 0.25) is 11.9 Å². The first-order valence-electron chi connectivity index (χ1n) is 15.4. The smallest absolute Gasteiger partial charge is 0.270 e. The maximum atomic E-state index is 13.0. The number of ketones is 1. The molecule has 2 aliphatic rings. The van der Waals surface area contributed by atoms with Crippen LogP contribution >= 0.6 is 0 Å². The Bertz CT molecular complexity index is 1820. The quantitative estimate of drug-likeness (QED) is 0.226. The number of pyridine rings is 1. The average Bonchev–Trinajstić information content (AvgIpc) is 3.75. The Balaban J connectivity index is 1.07. The van der Waals surface area contributed by atoms with E-state index < -0.39 is 0 Å². The van der Waals surface area contributed by atoms with Gasteiger partial charge >= 0.3 is 0 Å². The number of hydrogen-bond donors (Lipinski definition) is 1. The first-order valence-corrected chi connectivity index (χ1v) is 15.4. The fourth-order valence-corrected chi connectivity index (χ4v) is 6.00. The molecular weight excluding hydrogens is 582 g/mol. The number of rotatable bonds is 8. The zero-order valence-corrected chi connectivity index (χ0v) is 25.9. The molecule has 1 saturated carbocycles. The first-order chi connectivity index (χ1) is 22.3. The fourth-order valence-electron chi connectivity index (χ4n) is 6.00. The van der Waals surface area contributed by atoms with Crippen molar-refractivity contribution in [1.29, 1.82) is 5.26 Å². The molecule has 3 aromatic heterocycles. The van der Waals surface area contributed by atoms with Crippen LogP contribution in [0.5, 0.6) is 0 Å². The average molecular weight is 618 g/mol. The van der Waals surface area contributed by atoms with Gasteiger partial charge in [-0.15, -0.1) is 0 Å². The maximum Gasteiger partial charge on any atom is 0.270 e. The number of amides is 2. The predicted octanol–water partition coefficient (Wildman–Crippen LogP) is 4.35. The van der Waals surface area contributed by atoms with E-state index in [9.17, 15) is 14.4 Å². The Morgan fingerprint density at radius 3 is 2.35 bits per heavy atom. The number of fused-ring (bicyclic) bond motifs is 1. The van der Waals surface area contributed by atoms with Crippen LogP contribution in [0.15, 0.2) is 67.0 Å². The van der Waals surface area contributed by atoms with Crippen LogP contribution < -0.4 is 10.2 Å². The summed E-state index contributed by atoms with van der Waals surface area (Å²) in [4.78, 5) is 57.4. The van der Waals surface area contributed by atoms with Crippen LogP contribution in [0.2, 0.25) is 0 Å². The minimum Gasteiger partial charge on any atom is -0.367 e. The van der Waals surface area contributed by atoms with Crippen molar-refractivity contribution in [3.8, 4) is 6.07 Å². The van der Waals surface area contributed by atoms with Crippen molar-refractivity contribution in [2.45, 2.75) is 31.7 Å². The second-order valence-corrected chi connectivity index (χ2v) is 11.7. The predicted molar refractivity (Wildman–Crippen MR) is 174 cm³/mol. The molecular formula is C34H35N9O3. The molecule has 0 radical (unpaired) electrons. The lowest BCUT2D eigenvalue weighted by Crippen LogP contribution is -2.48. The van der Waals surface area contributed by atoms with Crippen LogP contribution in [-0.4, -0.2) is 87.2 Å². The monoisotopic (exact) mass is 617 g/mol. The molecule has 1 aromatic carbocycles. The van der Waals surface area contributed by atoms with Gasteiger partial charge in [0.25, 0.3) is 5.91 Å². The second kappa shape index (κ2) is 13.2. The molecule has 1 aliphatic carbocycles. The van der Waals surface area contributed by atoms with E-state index in [4.69, 9.17) is 10.2 Å². The highest BCUT2D eigenvalue weighted by molar-refractivity contribution is 6.07. The molecule has 0 atom stereocenters. The molecule has 12 heteroatoms. The summed E-state index contributed by atoms with van der Waals surface area (Å²) in [7, 11) is 3.52. The Morgan fingerprint density at radius 1 is 0.957 bits per heavy atom. The van der Waals surface area contributed by atoms with Crippen molar-refractivity contribution >= 4 is 46.1 Å². The van der Waals surface area contributed by atoms with E-state index in [0.717, 1.165) is 42.4 Å². The lowest BCUT2D eigenvalue weighted by Gasteiger charge is -2.35. The Kier molecular flexibility index (Phi) is 8.74. The highest BCUT2D eigenvalue weighted by Gasteiger charge is 2.27. The third kappa shape index (κ3) is 6.44. The van der Waals surface area contributed by atoms with E-state index in [1.807, 2.05) is 24.3 Å². The Morgan fingerprint density at radius 2 is 1.70 bits per heavy atom. The summed E-state index contributed by atoms with van der Waals surface area (Å²) in [6, 6.07) is 14.3. The number of benzene rings is 1.